The molecule has 1 aliphatic rings. The highest BCUT2D eigenvalue weighted by atomic mass is 15.6. The summed E-state index contributed by atoms with van der Waals surface area (Å²) in [6.45, 7) is 2.08. The van der Waals surface area contributed by atoms with E-state index in [9.17, 15) is 0 Å². The molecule has 0 spiro atoms. The molecule has 0 saturated carbocycles. The van der Waals surface area contributed by atoms with Crippen molar-refractivity contribution in [1.29, 1.82) is 0 Å². The molecule has 9 heavy (non-hydrogen) atoms. The van der Waals surface area contributed by atoms with E-state index in [-0.39, 0.29) is 0 Å². The number of anilines is 1. The van der Waals surface area contributed by atoms with Crippen molar-refractivity contribution in [2.24, 2.45) is 0 Å². The van der Waals surface area contributed by atoms with Crippen molar-refractivity contribution in [3.8, 4) is 0 Å². The van der Waals surface area contributed by atoms with E-state index in [4.69, 9.17) is 0 Å². The van der Waals surface area contributed by atoms with Gasteiger partial charge in [0.1, 0.15) is 12.5 Å². The van der Waals surface area contributed by atoms with Crippen LogP contribution in [0.3, 0.4) is 0 Å². The van der Waals surface area contributed by atoms with Crippen molar-refractivity contribution in [3.63, 3.8) is 0 Å². The van der Waals surface area contributed by atoms with Crippen LogP contribution >= 0.6 is 0 Å². The van der Waals surface area contributed by atoms with Gasteiger partial charge in [-0.25, -0.2) is 4.68 Å². The summed E-state index contributed by atoms with van der Waals surface area (Å²) in [4.78, 5) is 6.09. The second-order valence-electron chi connectivity index (χ2n) is 2.25. The standard InChI is InChI=1S/C5H8N4/c1-4-8(2)5-6-3-7-9(4)5/h3-4H,1-2H3. The fraction of sp³-hybridized carbons (Fsp3) is 0.600. The van der Waals surface area contributed by atoms with Crippen molar-refractivity contribution < 1.29 is 0 Å². The molecule has 0 bridgehead atoms. The van der Waals surface area contributed by atoms with Gasteiger partial charge in [0, 0.05) is 7.05 Å². The lowest BCUT2D eigenvalue weighted by atomic mass is 10.4. The third kappa shape index (κ3) is 0.386. The third-order valence-corrected chi connectivity index (χ3v) is 1.78. The van der Waals surface area contributed by atoms with Crippen LogP contribution in [0.15, 0.2) is 6.33 Å². The highest BCUT2D eigenvalue weighted by molar-refractivity contribution is 5.36. The first kappa shape index (κ1) is 4.78. The zero-order chi connectivity index (χ0) is 6.43. The van der Waals surface area contributed by atoms with E-state index in [0.717, 1.165) is 5.95 Å². The first-order chi connectivity index (χ1) is 4.30. The highest BCUT2D eigenvalue weighted by Gasteiger charge is 2.28. The maximum Gasteiger partial charge on any atom is 0.227 e. The normalized spacial score (nSPS) is 23.3. The number of hydrogen-bond donors (Lipinski definition) is 0. The lowest BCUT2D eigenvalue weighted by Crippen LogP contribution is -2.39. The smallest absolute Gasteiger partial charge is 0.227 e. The second-order valence-corrected chi connectivity index (χ2v) is 2.25. The fourth-order valence-corrected chi connectivity index (χ4v) is 1.04. The van der Waals surface area contributed by atoms with E-state index in [1.807, 2.05) is 11.7 Å². The van der Waals surface area contributed by atoms with Crippen LogP contribution in [0.1, 0.15) is 13.1 Å². The molecule has 4 nitrogen and oxygen atoms in total. The highest BCUT2D eigenvalue weighted by Crippen LogP contribution is 2.28. The van der Waals surface area contributed by atoms with E-state index in [1.165, 1.54) is 0 Å². The van der Waals surface area contributed by atoms with Crippen LogP contribution in [0.5, 0.6) is 0 Å². The summed E-state index contributed by atoms with van der Waals surface area (Å²) in [5, 5.41) is 4.00. The Balaban J connectivity index is 2.50. The lowest BCUT2D eigenvalue weighted by molar-refractivity contribution is 0.401. The average molecular weight is 124 g/mol. The number of nitrogens with zero attached hydrogens (tertiary/aromatic N) is 4. The molecule has 0 amide bonds. The Morgan fingerprint density at radius 1 is 1.67 bits per heavy atom. The first-order valence-corrected chi connectivity index (χ1v) is 2.93. The van der Waals surface area contributed by atoms with Crippen LogP contribution in [0.25, 0.3) is 0 Å². The Bertz CT molecular complexity index is 206. The van der Waals surface area contributed by atoms with Crippen LogP contribution in [0, 0.1) is 0 Å². The van der Waals surface area contributed by atoms with Crippen molar-refractivity contribution in [1.82, 2.24) is 14.8 Å². The second kappa shape index (κ2) is 1.26. The van der Waals surface area contributed by atoms with Gasteiger partial charge in [0.15, 0.2) is 0 Å². The summed E-state index contributed by atoms with van der Waals surface area (Å²) in [5.74, 6) is 0.961. The van der Waals surface area contributed by atoms with Crippen molar-refractivity contribution in [2.75, 3.05) is 11.9 Å². The Labute approximate surface area is 53.1 Å². The Hall–Kier alpha value is -1.06. The molecule has 48 valence electrons. The average Bonchev–Trinajstić information content (AvgIpc) is 2.30. The molecule has 0 fully saturated rings. The van der Waals surface area contributed by atoms with Crippen molar-refractivity contribution >= 4 is 5.95 Å². The zero-order valence-corrected chi connectivity index (χ0v) is 5.44. The van der Waals surface area contributed by atoms with E-state index >= 15 is 0 Å². The maximum atomic E-state index is 4.01. The van der Waals surface area contributed by atoms with Crippen LogP contribution in [0.4, 0.5) is 5.95 Å². The van der Waals surface area contributed by atoms with Gasteiger partial charge in [0.05, 0.1) is 0 Å². The third-order valence-electron chi connectivity index (χ3n) is 1.78. The molecule has 1 unspecified atom stereocenters. The number of hydrogen-bond acceptors (Lipinski definition) is 3. The number of rotatable bonds is 0. The van der Waals surface area contributed by atoms with E-state index in [2.05, 4.69) is 21.9 Å². The molecule has 1 aromatic rings. The Kier molecular flexibility index (Phi) is 0.670. The van der Waals surface area contributed by atoms with Crippen LogP contribution in [-0.2, 0) is 0 Å². The molecule has 0 aliphatic carbocycles. The predicted molar refractivity (Wildman–Crippen MR) is 33.1 cm³/mol. The molecule has 2 heterocycles. The largest absolute Gasteiger partial charge is 0.322 e. The molecule has 1 aliphatic heterocycles. The summed E-state index contributed by atoms with van der Waals surface area (Å²) < 4.78 is 1.89. The quantitative estimate of drug-likeness (QED) is 0.497. The molecule has 2 rings (SSSR count). The minimum absolute atomic E-state index is 0.391. The molecule has 4 heteroatoms. The zero-order valence-electron chi connectivity index (χ0n) is 5.44. The first-order valence-electron chi connectivity index (χ1n) is 2.93. The summed E-state index contributed by atoms with van der Waals surface area (Å²) in [7, 11) is 2.01. The summed E-state index contributed by atoms with van der Waals surface area (Å²) in [6.07, 6.45) is 1.97. The summed E-state index contributed by atoms with van der Waals surface area (Å²) in [6, 6.07) is 0. The minimum atomic E-state index is 0.391. The maximum absolute atomic E-state index is 4.01. The van der Waals surface area contributed by atoms with Crippen molar-refractivity contribution in [2.45, 2.75) is 13.1 Å². The van der Waals surface area contributed by atoms with Crippen LogP contribution in [0.2, 0.25) is 0 Å². The van der Waals surface area contributed by atoms with Gasteiger partial charge in [-0.3, -0.25) is 0 Å². The van der Waals surface area contributed by atoms with E-state index in [0.29, 0.717) is 6.17 Å². The summed E-state index contributed by atoms with van der Waals surface area (Å²) >= 11 is 0. The molecular weight excluding hydrogens is 116 g/mol. The fourth-order valence-electron chi connectivity index (χ4n) is 1.04. The van der Waals surface area contributed by atoms with Crippen molar-refractivity contribution in [3.05, 3.63) is 6.33 Å². The summed E-state index contributed by atoms with van der Waals surface area (Å²) in [5.41, 5.74) is 0. The van der Waals surface area contributed by atoms with Gasteiger partial charge < -0.3 is 4.90 Å². The van der Waals surface area contributed by atoms with Crippen LogP contribution < -0.4 is 4.90 Å². The monoisotopic (exact) mass is 124 g/mol. The van der Waals surface area contributed by atoms with Gasteiger partial charge >= 0.3 is 0 Å². The van der Waals surface area contributed by atoms with E-state index in [1.54, 1.807) is 6.33 Å². The number of aromatic nitrogens is 3. The Morgan fingerprint density at radius 2 is 2.44 bits per heavy atom. The predicted octanol–water partition coefficient (Wildman–Crippen LogP) is 0.246. The van der Waals surface area contributed by atoms with Gasteiger partial charge in [-0.1, -0.05) is 0 Å². The van der Waals surface area contributed by atoms with Crippen LogP contribution in [-0.4, -0.2) is 21.8 Å². The van der Waals surface area contributed by atoms with Gasteiger partial charge in [-0.05, 0) is 6.92 Å². The van der Waals surface area contributed by atoms with Gasteiger partial charge in [0.25, 0.3) is 0 Å². The topological polar surface area (TPSA) is 34.0 Å². The number of fused-ring (bicyclic) bond motifs is 1. The molecule has 0 aromatic carbocycles. The molecular formula is C5H8N4. The van der Waals surface area contributed by atoms with Gasteiger partial charge in [-0.15, -0.1) is 0 Å². The van der Waals surface area contributed by atoms with E-state index < -0.39 is 0 Å². The molecule has 0 saturated heterocycles. The lowest BCUT2D eigenvalue weighted by Gasteiger charge is -2.35. The SMILES string of the molecule is CC1N(C)c2ncnn21. The molecule has 0 radical (unpaired) electrons. The molecule has 1 aromatic heterocycles. The van der Waals surface area contributed by atoms with Gasteiger partial charge in [0.2, 0.25) is 5.95 Å². The molecule has 1 atom stereocenters. The van der Waals surface area contributed by atoms with Gasteiger partial charge in [-0.2, -0.15) is 10.1 Å². The minimum Gasteiger partial charge on any atom is -0.322 e. The Morgan fingerprint density at radius 3 is 3.11 bits per heavy atom. The molecule has 0 N–H and O–H groups in total.